The lowest BCUT2D eigenvalue weighted by molar-refractivity contribution is 0.302. The SMILES string of the molecule is O=c1c(Br)c(OCc2ccc(Cl)cc2)ccn1Cc1ccccc1. The van der Waals surface area contributed by atoms with Crippen molar-refractivity contribution in [3.05, 3.63) is 97.8 Å². The second-order valence-corrected chi connectivity index (χ2v) is 6.56. The van der Waals surface area contributed by atoms with E-state index < -0.39 is 0 Å². The van der Waals surface area contributed by atoms with Crippen LogP contribution >= 0.6 is 27.5 Å². The fraction of sp³-hybridized carbons (Fsp3) is 0.105. The monoisotopic (exact) mass is 403 g/mol. The summed E-state index contributed by atoms with van der Waals surface area (Å²) in [6, 6.07) is 19.1. The summed E-state index contributed by atoms with van der Waals surface area (Å²) in [5.74, 6) is 0.527. The smallest absolute Gasteiger partial charge is 0.268 e. The first-order valence-corrected chi connectivity index (χ1v) is 8.61. The molecule has 3 rings (SSSR count). The van der Waals surface area contributed by atoms with Gasteiger partial charge in [0.2, 0.25) is 0 Å². The van der Waals surface area contributed by atoms with Gasteiger partial charge in [-0.2, -0.15) is 0 Å². The molecule has 0 saturated carbocycles. The van der Waals surface area contributed by atoms with Crippen LogP contribution in [-0.2, 0) is 13.2 Å². The van der Waals surface area contributed by atoms with Crippen molar-refractivity contribution in [2.45, 2.75) is 13.2 Å². The fourth-order valence-electron chi connectivity index (χ4n) is 2.29. The second-order valence-electron chi connectivity index (χ2n) is 5.33. The van der Waals surface area contributed by atoms with E-state index >= 15 is 0 Å². The Morgan fingerprint density at radius 1 is 0.958 bits per heavy atom. The Balaban J connectivity index is 1.75. The molecule has 0 bridgehead atoms. The van der Waals surface area contributed by atoms with Crippen molar-refractivity contribution in [1.29, 1.82) is 0 Å². The van der Waals surface area contributed by atoms with Crippen LogP contribution in [-0.4, -0.2) is 4.57 Å². The van der Waals surface area contributed by atoms with Gasteiger partial charge in [-0.1, -0.05) is 54.1 Å². The van der Waals surface area contributed by atoms with Gasteiger partial charge in [0.15, 0.2) is 0 Å². The van der Waals surface area contributed by atoms with Crippen LogP contribution in [0.5, 0.6) is 5.75 Å². The summed E-state index contributed by atoms with van der Waals surface area (Å²) in [7, 11) is 0. The number of benzene rings is 2. The molecule has 3 nitrogen and oxygen atoms in total. The summed E-state index contributed by atoms with van der Waals surface area (Å²) in [6.07, 6.45) is 1.75. The summed E-state index contributed by atoms with van der Waals surface area (Å²) >= 11 is 9.22. The molecular weight excluding hydrogens is 390 g/mol. The van der Waals surface area contributed by atoms with Crippen molar-refractivity contribution in [3.63, 3.8) is 0 Å². The Hall–Kier alpha value is -2.04. The number of aromatic nitrogens is 1. The van der Waals surface area contributed by atoms with Gasteiger partial charge >= 0.3 is 0 Å². The number of nitrogens with zero attached hydrogens (tertiary/aromatic N) is 1. The zero-order valence-corrected chi connectivity index (χ0v) is 15.1. The van der Waals surface area contributed by atoms with E-state index in [4.69, 9.17) is 16.3 Å². The molecule has 0 radical (unpaired) electrons. The minimum Gasteiger partial charge on any atom is -0.487 e. The molecule has 0 aliphatic heterocycles. The largest absolute Gasteiger partial charge is 0.487 e. The number of ether oxygens (including phenoxy) is 1. The first-order chi connectivity index (χ1) is 11.6. The second kappa shape index (κ2) is 7.69. The average molecular weight is 405 g/mol. The maximum Gasteiger partial charge on any atom is 0.268 e. The molecule has 1 heterocycles. The minimum atomic E-state index is -0.118. The summed E-state index contributed by atoms with van der Waals surface area (Å²) in [4.78, 5) is 12.5. The molecule has 0 saturated heterocycles. The number of halogens is 2. The Bertz CT molecular complexity index is 876. The lowest BCUT2D eigenvalue weighted by atomic mass is 10.2. The molecule has 0 fully saturated rings. The van der Waals surface area contributed by atoms with E-state index in [2.05, 4.69) is 15.9 Å². The Morgan fingerprint density at radius 3 is 2.38 bits per heavy atom. The van der Waals surface area contributed by atoms with E-state index in [9.17, 15) is 4.79 Å². The van der Waals surface area contributed by atoms with Gasteiger partial charge in [-0.05, 0) is 45.3 Å². The summed E-state index contributed by atoms with van der Waals surface area (Å²) in [5.41, 5.74) is 1.94. The maximum atomic E-state index is 12.5. The molecule has 0 aliphatic carbocycles. The fourth-order valence-corrected chi connectivity index (χ4v) is 2.89. The highest BCUT2D eigenvalue weighted by Crippen LogP contribution is 2.22. The van der Waals surface area contributed by atoms with Gasteiger partial charge in [0, 0.05) is 11.2 Å². The summed E-state index contributed by atoms with van der Waals surface area (Å²) < 4.78 is 7.82. The van der Waals surface area contributed by atoms with Gasteiger partial charge in [-0.15, -0.1) is 0 Å². The zero-order chi connectivity index (χ0) is 16.9. The molecule has 0 atom stereocenters. The summed E-state index contributed by atoms with van der Waals surface area (Å²) in [5, 5.41) is 0.684. The lowest BCUT2D eigenvalue weighted by Crippen LogP contribution is -2.21. The van der Waals surface area contributed by atoms with E-state index in [-0.39, 0.29) is 5.56 Å². The van der Waals surface area contributed by atoms with Crippen LogP contribution < -0.4 is 10.3 Å². The van der Waals surface area contributed by atoms with Gasteiger partial charge in [0.05, 0.1) is 6.54 Å². The predicted molar refractivity (Wildman–Crippen MR) is 99.7 cm³/mol. The van der Waals surface area contributed by atoms with Crippen molar-refractivity contribution in [1.82, 2.24) is 4.57 Å². The zero-order valence-electron chi connectivity index (χ0n) is 12.8. The third-order valence-corrected chi connectivity index (χ3v) is 4.56. The van der Waals surface area contributed by atoms with Crippen molar-refractivity contribution in [3.8, 4) is 5.75 Å². The quantitative estimate of drug-likeness (QED) is 0.606. The van der Waals surface area contributed by atoms with Crippen LogP contribution in [0.3, 0.4) is 0 Å². The molecule has 2 aromatic carbocycles. The van der Waals surface area contributed by atoms with E-state index in [0.717, 1.165) is 11.1 Å². The molecule has 5 heteroatoms. The molecule has 3 aromatic rings. The van der Waals surface area contributed by atoms with Gasteiger partial charge in [-0.25, -0.2) is 0 Å². The van der Waals surface area contributed by atoms with Crippen LogP contribution in [0.15, 0.2) is 76.1 Å². The van der Waals surface area contributed by atoms with E-state index in [0.29, 0.717) is 28.4 Å². The third kappa shape index (κ3) is 4.08. The molecular formula is C19H15BrClNO2. The number of pyridine rings is 1. The highest BCUT2D eigenvalue weighted by molar-refractivity contribution is 9.10. The molecule has 0 unspecified atom stereocenters. The van der Waals surface area contributed by atoms with E-state index in [1.165, 1.54) is 0 Å². The van der Waals surface area contributed by atoms with Crippen LogP contribution in [0, 0.1) is 0 Å². The molecule has 0 spiro atoms. The number of hydrogen-bond donors (Lipinski definition) is 0. The van der Waals surface area contributed by atoms with Crippen LogP contribution in [0.1, 0.15) is 11.1 Å². The van der Waals surface area contributed by atoms with Crippen molar-refractivity contribution in [2.24, 2.45) is 0 Å². The van der Waals surface area contributed by atoms with Crippen molar-refractivity contribution < 1.29 is 4.74 Å². The van der Waals surface area contributed by atoms with Crippen LogP contribution in [0.2, 0.25) is 5.02 Å². The minimum absolute atomic E-state index is 0.118. The Morgan fingerprint density at radius 2 is 1.67 bits per heavy atom. The third-order valence-electron chi connectivity index (χ3n) is 3.57. The molecule has 0 N–H and O–H groups in total. The van der Waals surface area contributed by atoms with Gasteiger partial charge < -0.3 is 9.30 Å². The Kier molecular flexibility index (Phi) is 5.38. The van der Waals surface area contributed by atoms with E-state index in [1.807, 2.05) is 54.6 Å². The van der Waals surface area contributed by atoms with Crippen LogP contribution in [0.25, 0.3) is 0 Å². The highest BCUT2D eigenvalue weighted by atomic mass is 79.9. The van der Waals surface area contributed by atoms with Crippen LogP contribution in [0.4, 0.5) is 0 Å². The topological polar surface area (TPSA) is 31.2 Å². The molecule has 24 heavy (non-hydrogen) atoms. The first kappa shape index (κ1) is 16.8. The summed E-state index contributed by atoms with van der Waals surface area (Å²) in [6.45, 7) is 0.896. The van der Waals surface area contributed by atoms with Gasteiger partial charge in [0.25, 0.3) is 5.56 Å². The molecule has 1 aromatic heterocycles. The predicted octanol–water partition coefficient (Wildman–Crippen LogP) is 4.89. The maximum absolute atomic E-state index is 12.5. The normalized spacial score (nSPS) is 10.6. The molecule has 0 aliphatic rings. The van der Waals surface area contributed by atoms with E-state index in [1.54, 1.807) is 16.8 Å². The van der Waals surface area contributed by atoms with Gasteiger partial charge in [-0.3, -0.25) is 4.79 Å². The number of hydrogen-bond acceptors (Lipinski definition) is 2. The average Bonchev–Trinajstić information content (AvgIpc) is 2.61. The molecule has 122 valence electrons. The highest BCUT2D eigenvalue weighted by Gasteiger charge is 2.09. The standard InChI is InChI=1S/C19H15BrClNO2/c20-18-17(24-13-15-6-8-16(21)9-7-15)10-11-22(19(18)23)12-14-4-2-1-3-5-14/h1-11H,12-13H2. The van der Waals surface area contributed by atoms with Crippen molar-refractivity contribution >= 4 is 27.5 Å². The Labute approximate surface area is 153 Å². The van der Waals surface area contributed by atoms with Gasteiger partial charge in [0.1, 0.15) is 16.8 Å². The lowest BCUT2D eigenvalue weighted by Gasteiger charge is -2.11. The molecule has 0 amide bonds. The van der Waals surface area contributed by atoms with Crippen molar-refractivity contribution in [2.75, 3.05) is 0 Å². The number of rotatable bonds is 5. The first-order valence-electron chi connectivity index (χ1n) is 7.43.